The van der Waals surface area contributed by atoms with Crippen molar-refractivity contribution >= 4 is 36.0 Å². The molecule has 0 aromatic heterocycles. The third-order valence-corrected chi connectivity index (χ3v) is 9.96. The van der Waals surface area contributed by atoms with Crippen molar-refractivity contribution in [3.8, 4) is 34.5 Å². The molecule has 0 aliphatic heterocycles. The molecule has 0 aliphatic carbocycles. The summed E-state index contributed by atoms with van der Waals surface area (Å²) in [6, 6.07) is 33.0. The van der Waals surface area contributed by atoms with Gasteiger partial charge in [-0.1, -0.05) is 108 Å². The fourth-order valence-electron chi connectivity index (χ4n) is 6.38. The number of benzene rings is 5. The van der Waals surface area contributed by atoms with Crippen LogP contribution in [0, 0.1) is 0 Å². The van der Waals surface area contributed by atoms with Gasteiger partial charge >= 0.3 is 23.9 Å². The van der Waals surface area contributed by atoms with Gasteiger partial charge in [0, 0.05) is 18.2 Å². The number of hydrogen-bond donors (Lipinski definition) is 0. The fourth-order valence-corrected chi connectivity index (χ4v) is 6.38. The summed E-state index contributed by atoms with van der Waals surface area (Å²) in [6.45, 7) is 5.79. The lowest BCUT2D eigenvalue weighted by Gasteiger charge is -2.08. The molecule has 0 heterocycles. The average Bonchev–Trinajstić information content (AvgIpc) is 3.31. The predicted octanol–water partition coefficient (Wildman–Crippen LogP) is 12.8. The molecule has 0 saturated carbocycles. The summed E-state index contributed by atoms with van der Waals surface area (Å²) in [5.74, 6) is -0.0964. The zero-order valence-electron chi connectivity index (χ0n) is 36.8. The Bertz CT molecular complexity index is 2100. The van der Waals surface area contributed by atoms with Crippen LogP contribution in [0.25, 0.3) is 12.2 Å². The maximum Gasteiger partial charge on any atom is 0.343 e. The van der Waals surface area contributed by atoms with Crippen molar-refractivity contribution in [1.29, 1.82) is 0 Å². The smallest absolute Gasteiger partial charge is 0.343 e. The van der Waals surface area contributed by atoms with Crippen molar-refractivity contribution in [1.82, 2.24) is 0 Å². The number of carbonyl (C=O) groups excluding carboxylic acids is 4. The number of esters is 4. The second-order valence-electron chi connectivity index (χ2n) is 15.2. The molecule has 0 aliphatic rings. The summed E-state index contributed by atoms with van der Waals surface area (Å²) in [5, 5.41) is 0. The van der Waals surface area contributed by atoms with Gasteiger partial charge in [0.2, 0.25) is 0 Å². The van der Waals surface area contributed by atoms with Crippen molar-refractivity contribution in [2.45, 2.75) is 90.9 Å². The molecule has 0 unspecified atom stereocenters. The van der Waals surface area contributed by atoms with Crippen molar-refractivity contribution < 1.29 is 47.6 Å². The minimum Gasteiger partial charge on any atom is -0.494 e. The van der Waals surface area contributed by atoms with E-state index in [1.807, 2.05) is 48.5 Å². The van der Waals surface area contributed by atoms with E-state index >= 15 is 0 Å². The first-order valence-corrected chi connectivity index (χ1v) is 22.3. The number of ether oxygens (including phenoxy) is 6. The van der Waals surface area contributed by atoms with Crippen LogP contribution >= 0.6 is 0 Å². The van der Waals surface area contributed by atoms with Gasteiger partial charge < -0.3 is 28.4 Å². The maximum atomic E-state index is 12.9. The normalized spacial score (nSPS) is 11.0. The van der Waals surface area contributed by atoms with Crippen LogP contribution in [0.15, 0.2) is 133 Å². The van der Waals surface area contributed by atoms with E-state index in [4.69, 9.17) is 28.4 Å². The van der Waals surface area contributed by atoms with Crippen LogP contribution in [0.2, 0.25) is 0 Å². The topological polar surface area (TPSA) is 124 Å². The van der Waals surface area contributed by atoms with E-state index in [2.05, 4.69) is 13.8 Å². The Morgan fingerprint density at radius 1 is 0.391 bits per heavy atom. The molecule has 64 heavy (non-hydrogen) atoms. The highest BCUT2D eigenvalue weighted by Gasteiger charge is 2.14. The Morgan fingerprint density at radius 2 is 0.750 bits per heavy atom. The molecule has 0 amide bonds. The van der Waals surface area contributed by atoms with Crippen molar-refractivity contribution in [3.63, 3.8) is 0 Å². The third kappa shape index (κ3) is 17.8. The largest absolute Gasteiger partial charge is 0.494 e. The maximum absolute atomic E-state index is 12.9. The molecule has 0 saturated heterocycles. The summed E-state index contributed by atoms with van der Waals surface area (Å²) in [7, 11) is 0. The van der Waals surface area contributed by atoms with Crippen LogP contribution in [0.3, 0.4) is 0 Å². The summed E-state index contributed by atoms with van der Waals surface area (Å²) in [4.78, 5) is 50.7. The lowest BCUT2D eigenvalue weighted by atomic mass is 10.1. The Labute approximate surface area is 376 Å². The van der Waals surface area contributed by atoms with Gasteiger partial charge in [-0.2, -0.15) is 0 Å². The number of hydrogen-bond acceptors (Lipinski definition) is 10. The molecule has 0 bridgehead atoms. The van der Waals surface area contributed by atoms with Gasteiger partial charge in [0.15, 0.2) is 0 Å². The van der Waals surface area contributed by atoms with E-state index in [-0.39, 0.29) is 34.1 Å². The van der Waals surface area contributed by atoms with Crippen LogP contribution in [-0.2, 0) is 9.59 Å². The molecule has 334 valence electrons. The number of rotatable bonds is 26. The van der Waals surface area contributed by atoms with E-state index in [9.17, 15) is 19.2 Å². The molecule has 0 spiro atoms. The molecule has 5 rings (SSSR count). The number of carbonyl (C=O) groups is 4. The summed E-state index contributed by atoms with van der Waals surface area (Å²) in [5.41, 5.74) is 2.07. The van der Waals surface area contributed by atoms with Crippen LogP contribution in [0.5, 0.6) is 34.5 Å². The molecule has 10 heteroatoms. The van der Waals surface area contributed by atoms with Gasteiger partial charge in [-0.3, -0.25) is 0 Å². The molecule has 0 atom stereocenters. The first-order chi connectivity index (χ1) is 31.3. The van der Waals surface area contributed by atoms with Gasteiger partial charge in [0.05, 0.1) is 24.3 Å². The minimum absolute atomic E-state index is 0.149. The Morgan fingerprint density at radius 3 is 1.14 bits per heavy atom. The predicted molar refractivity (Wildman–Crippen MR) is 249 cm³/mol. The molecule has 0 N–H and O–H groups in total. The second kappa shape index (κ2) is 27.2. The van der Waals surface area contributed by atoms with E-state index in [0.29, 0.717) is 13.2 Å². The first kappa shape index (κ1) is 48.1. The standard InChI is InChI=1S/C54H58O10/c1-3-5-7-9-11-13-38-59-45-28-18-41(19-29-45)22-36-51(55)61-47-32-24-43(25-33-47)53(57)63-49-16-15-17-50(40-49)64-54(58)44-26-34-48(35-27-44)62-52(56)37-23-42-20-30-46(31-21-42)60-39-14-12-10-8-6-4-2/h15-37,40H,3-14,38-39H2,1-2H3/b36-22+,37-23+. The molecule has 0 fully saturated rings. The minimum atomic E-state index is -0.665. The lowest BCUT2D eigenvalue weighted by molar-refractivity contribution is -0.129. The van der Waals surface area contributed by atoms with Crippen LogP contribution < -0.4 is 28.4 Å². The molecular weight excluding hydrogens is 809 g/mol. The van der Waals surface area contributed by atoms with Gasteiger partial charge in [-0.25, -0.2) is 19.2 Å². The van der Waals surface area contributed by atoms with E-state index < -0.39 is 23.9 Å². The summed E-state index contributed by atoms with van der Waals surface area (Å²) >= 11 is 0. The zero-order valence-corrected chi connectivity index (χ0v) is 36.8. The molecule has 5 aromatic rings. The Balaban J connectivity index is 1.01. The van der Waals surface area contributed by atoms with Crippen molar-refractivity contribution in [2.75, 3.05) is 13.2 Å². The van der Waals surface area contributed by atoms with Crippen LogP contribution in [-0.4, -0.2) is 37.1 Å². The third-order valence-electron chi connectivity index (χ3n) is 9.96. The van der Waals surface area contributed by atoms with E-state index in [1.165, 1.54) is 131 Å². The monoisotopic (exact) mass is 866 g/mol. The highest BCUT2D eigenvalue weighted by Crippen LogP contribution is 2.24. The van der Waals surface area contributed by atoms with E-state index in [0.717, 1.165) is 35.5 Å². The highest BCUT2D eigenvalue weighted by molar-refractivity contribution is 5.93. The molecule has 5 aromatic carbocycles. The van der Waals surface area contributed by atoms with Gasteiger partial charge in [-0.15, -0.1) is 0 Å². The van der Waals surface area contributed by atoms with Gasteiger partial charge in [-0.05, 0) is 121 Å². The van der Waals surface area contributed by atoms with Crippen LogP contribution in [0.1, 0.15) is 123 Å². The van der Waals surface area contributed by atoms with E-state index in [1.54, 1.807) is 30.4 Å². The fraction of sp³-hybridized carbons (Fsp3) is 0.296. The first-order valence-electron chi connectivity index (χ1n) is 22.3. The Hall–Kier alpha value is -6.94. The lowest BCUT2D eigenvalue weighted by Crippen LogP contribution is -2.10. The number of unbranched alkanes of at least 4 members (excludes halogenated alkanes) is 10. The summed E-state index contributed by atoms with van der Waals surface area (Å²) < 4.78 is 33.5. The SMILES string of the molecule is CCCCCCCCOc1ccc(/C=C/C(=O)Oc2ccc(C(=O)Oc3cccc(OC(=O)c4ccc(OC(=O)/C=C/c5ccc(OCCCCCCCC)cc5)cc4)c3)cc2)cc1. The van der Waals surface area contributed by atoms with Crippen molar-refractivity contribution in [3.05, 3.63) is 156 Å². The van der Waals surface area contributed by atoms with Gasteiger partial charge in [0.25, 0.3) is 0 Å². The Kier molecular flexibility index (Phi) is 20.4. The zero-order chi connectivity index (χ0) is 45.2. The quantitative estimate of drug-likeness (QED) is 0.0230. The van der Waals surface area contributed by atoms with Gasteiger partial charge in [0.1, 0.15) is 34.5 Å². The molecular formula is C54H58O10. The second-order valence-corrected chi connectivity index (χ2v) is 15.2. The van der Waals surface area contributed by atoms with Crippen LogP contribution in [0.4, 0.5) is 0 Å². The molecule has 0 radical (unpaired) electrons. The molecule has 10 nitrogen and oxygen atoms in total. The van der Waals surface area contributed by atoms with Crippen molar-refractivity contribution in [2.24, 2.45) is 0 Å². The average molecular weight is 867 g/mol. The highest BCUT2D eigenvalue weighted by atomic mass is 16.6. The summed E-state index contributed by atoms with van der Waals surface area (Å²) in [6.07, 6.45) is 20.4.